The molecule has 0 radical (unpaired) electrons. The molecule has 0 spiro atoms. The van der Waals surface area contributed by atoms with Crippen molar-refractivity contribution in [1.82, 2.24) is 19.7 Å². The van der Waals surface area contributed by atoms with Crippen LogP contribution in [0.4, 0.5) is 5.69 Å². The van der Waals surface area contributed by atoms with Crippen LogP contribution < -0.4 is 5.32 Å². The second-order valence-electron chi connectivity index (χ2n) is 5.66. The SMILES string of the molecule is Cc1noc(C)c1C(=O)Nc1ccc(-n2cnc3ccccc32)nc1. The first-order valence-electron chi connectivity index (χ1n) is 7.76. The number of benzene rings is 1. The van der Waals surface area contributed by atoms with Crippen LogP contribution in [0.2, 0.25) is 0 Å². The molecule has 0 aliphatic rings. The van der Waals surface area contributed by atoms with Crippen LogP contribution in [0.25, 0.3) is 16.9 Å². The second-order valence-corrected chi connectivity index (χ2v) is 5.66. The molecular weight excluding hydrogens is 318 g/mol. The molecule has 0 saturated carbocycles. The van der Waals surface area contributed by atoms with E-state index in [4.69, 9.17) is 4.52 Å². The number of amides is 1. The molecule has 0 fully saturated rings. The number of rotatable bonds is 3. The molecular formula is C18H15N5O2. The van der Waals surface area contributed by atoms with E-state index in [9.17, 15) is 4.79 Å². The van der Waals surface area contributed by atoms with Crippen molar-refractivity contribution >= 4 is 22.6 Å². The Bertz CT molecular complexity index is 1040. The Morgan fingerprint density at radius 3 is 2.68 bits per heavy atom. The van der Waals surface area contributed by atoms with Crippen molar-refractivity contribution in [1.29, 1.82) is 0 Å². The van der Waals surface area contributed by atoms with E-state index in [0.29, 0.717) is 22.7 Å². The summed E-state index contributed by atoms with van der Waals surface area (Å²) in [6.07, 6.45) is 3.34. The average Bonchev–Trinajstić information content (AvgIpc) is 3.19. The lowest BCUT2D eigenvalue weighted by molar-refractivity contribution is 0.102. The molecule has 3 heterocycles. The third-order valence-corrected chi connectivity index (χ3v) is 3.97. The molecule has 0 bridgehead atoms. The highest BCUT2D eigenvalue weighted by molar-refractivity contribution is 6.05. The number of nitrogens with zero attached hydrogens (tertiary/aromatic N) is 4. The van der Waals surface area contributed by atoms with Crippen LogP contribution in [-0.2, 0) is 0 Å². The molecule has 3 aromatic heterocycles. The summed E-state index contributed by atoms with van der Waals surface area (Å²) in [5, 5.41) is 6.60. The van der Waals surface area contributed by atoms with Crippen LogP contribution in [-0.4, -0.2) is 25.6 Å². The molecule has 25 heavy (non-hydrogen) atoms. The van der Waals surface area contributed by atoms with Gasteiger partial charge >= 0.3 is 0 Å². The Balaban J connectivity index is 1.59. The molecule has 0 aliphatic heterocycles. The monoisotopic (exact) mass is 333 g/mol. The van der Waals surface area contributed by atoms with E-state index in [1.165, 1.54) is 0 Å². The van der Waals surface area contributed by atoms with E-state index in [1.54, 1.807) is 32.4 Å². The van der Waals surface area contributed by atoms with Gasteiger partial charge in [-0.1, -0.05) is 17.3 Å². The standard InChI is InChI=1S/C18H15N5O2/c1-11-17(12(2)25-22-11)18(24)21-13-7-8-16(19-9-13)23-10-20-14-5-3-4-6-15(14)23/h3-10H,1-2H3,(H,21,24). The predicted octanol–water partition coefficient (Wildman–Crippen LogP) is 3.28. The van der Waals surface area contributed by atoms with Gasteiger partial charge < -0.3 is 9.84 Å². The third-order valence-electron chi connectivity index (χ3n) is 3.97. The lowest BCUT2D eigenvalue weighted by Crippen LogP contribution is -2.14. The van der Waals surface area contributed by atoms with Crippen molar-refractivity contribution in [2.24, 2.45) is 0 Å². The second kappa shape index (κ2) is 5.86. The van der Waals surface area contributed by atoms with Crippen molar-refractivity contribution < 1.29 is 9.32 Å². The number of aryl methyl sites for hydroxylation is 2. The Hall–Kier alpha value is -3.48. The van der Waals surface area contributed by atoms with Gasteiger partial charge in [-0.2, -0.15) is 0 Å². The highest BCUT2D eigenvalue weighted by atomic mass is 16.5. The number of carbonyl (C=O) groups excluding carboxylic acids is 1. The van der Waals surface area contributed by atoms with Crippen molar-refractivity contribution in [3.63, 3.8) is 0 Å². The van der Waals surface area contributed by atoms with Gasteiger partial charge in [0.1, 0.15) is 23.5 Å². The van der Waals surface area contributed by atoms with Crippen LogP contribution >= 0.6 is 0 Å². The largest absolute Gasteiger partial charge is 0.361 e. The molecule has 4 aromatic rings. The maximum Gasteiger partial charge on any atom is 0.261 e. The molecule has 4 rings (SSSR count). The molecule has 1 aromatic carbocycles. The van der Waals surface area contributed by atoms with Gasteiger partial charge in [0.2, 0.25) is 0 Å². The molecule has 0 unspecified atom stereocenters. The number of hydrogen-bond acceptors (Lipinski definition) is 5. The lowest BCUT2D eigenvalue weighted by Gasteiger charge is -2.07. The number of fused-ring (bicyclic) bond motifs is 1. The third kappa shape index (κ3) is 2.65. The van der Waals surface area contributed by atoms with Gasteiger partial charge in [-0.15, -0.1) is 0 Å². The summed E-state index contributed by atoms with van der Waals surface area (Å²) < 4.78 is 6.92. The summed E-state index contributed by atoms with van der Waals surface area (Å²) in [5.74, 6) is 0.951. The summed E-state index contributed by atoms with van der Waals surface area (Å²) in [6.45, 7) is 3.44. The van der Waals surface area contributed by atoms with E-state index < -0.39 is 0 Å². The van der Waals surface area contributed by atoms with Gasteiger partial charge in [0, 0.05) is 0 Å². The lowest BCUT2D eigenvalue weighted by atomic mass is 10.2. The van der Waals surface area contributed by atoms with Crippen LogP contribution in [0, 0.1) is 13.8 Å². The quantitative estimate of drug-likeness (QED) is 0.622. The van der Waals surface area contributed by atoms with Gasteiger partial charge in [0.15, 0.2) is 0 Å². The topological polar surface area (TPSA) is 85.8 Å². The molecule has 1 amide bonds. The molecule has 0 aliphatic carbocycles. The fraction of sp³-hybridized carbons (Fsp3) is 0.111. The number of imidazole rings is 1. The number of aromatic nitrogens is 4. The maximum absolute atomic E-state index is 12.4. The van der Waals surface area contributed by atoms with Gasteiger partial charge in [-0.25, -0.2) is 9.97 Å². The summed E-state index contributed by atoms with van der Waals surface area (Å²) in [5.41, 5.74) is 3.48. The van der Waals surface area contributed by atoms with Gasteiger partial charge in [-0.05, 0) is 38.1 Å². The van der Waals surface area contributed by atoms with E-state index in [0.717, 1.165) is 16.9 Å². The zero-order valence-corrected chi connectivity index (χ0v) is 13.7. The van der Waals surface area contributed by atoms with E-state index >= 15 is 0 Å². The molecule has 0 saturated heterocycles. The zero-order chi connectivity index (χ0) is 17.4. The number of carbonyl (C=O) groups is 1. The summed E-state index contributed by atoms with van der Waals surface area (Å²) in [6, 6.07) is 11.5. The smallest absolute Gasteiger partial charge is 0.261 e. The summed E-state index contributed by atoms with van der Waals surface area (Å²) >= 11 is 0. The fourth-order valence-electron chi connectivity index (χ4n) is 2.74. The van der Waals surface area contributed by atoms with Gasteiger partial charge in [0.25, 0.3) is 5.91 Å². The number of para-hydroxylation sites is 2. The van der Waals surface area contributed by atoms with Crippen molar-refractivity contribution in [2.45, 2.75) is 13.8 Å². The number of hydrogen-bond donors (Lipinski definition) is 1. The first kappa shape index (κ1) is 15.1. The molecule has 0 atom stereocenters. The Kier molecular flexibility index (Phi) is 3.53. The van der Waals surface area contributed by atoms with E-state index in [-0.39, 0.29) is 5.91 Å². The van der Waals surface area contributed by atoms with E-state index in [1.807, 2.05) is 34.9 Å². The molecule has 7 heteroatoms. The first-order chi connectivity index (χ1) is 12.1. The van der Waals surface area contributed by atoms with E-state index in [2.05, 4.69) is 20.4 Å². The number of pyridine rings is 1. The number of nitrogens with one attached hydrogen (secondary N) is 1. The van der Waals surface area contributed by atoms with Crippen LogP contribution in [0.15, 0.2) is 53.4 Å². The fourth-order valence-corrected chi connectivity index (χ4v) is 2.74. The van der Waals surface area contributed by atoms with Crippen LogP contribution in [0.5, 0.6) is 0 Å². The minimum atomic E-state index is -0.265. The first-order valence-corrected chi connectivity index (χ1v) is 7.76. The van der Waals surface area contributed by atoms with Crippen molar-refractivity contribution in [3.8, 4) is 5.82 Å². The molecule has 1 N–H and O–H groups in total. The minimum Gasteiger partial charge on any atom is -0.361 e. The van der Waals surface area contributed by atoms with Crippen molar-refractivity contribution in [2.75, 3.05) is 5.32 Å². The minimum absolute atomic E-state index is 0.265. The molecule has 124 valence electrons. The summed E-state index contributed by atoms with van der Waals surface area (Å²) in [7, 11) is 0. The number of anilines is 1. The Morgan fingerprint density at radius 2 is 1.96 bits per heavy atom. The Morgan fingerprint density at radius 1 is 1.12 bits per heavy atom. The van der Waals surface area contributed by atoms with Crippen molar-refractivity contribution in [3.05, 3.63) is 65.9 Å². The normalized spacial score (nSPS) is 11.0. The maximum atomic E-state index is 12.4. The average molecular weight is 333 g/mol. The highest BCUT2D eigenvalue weighted by Gasteiger charge is 2.17. The van der Waals surface area contributed by atoms with Crippen LogP contribution in [0.3, 0.4) is 0 Å². The highest BCUT2D eigenvalue weighted by Crippen LogP contribution is 2.19. The summed E-state index contributed by atoms with van der Waals surface area (Å²) in [4.78, 5) is 21.1. The van der Waals surface area contributed by atoms with Crippen LogP contribution in [0.1, 0.15) is 21.8 Å². The molecule has 7 nitrogen and oxygen atoms in total. The predicted molar refractivity (Wildman–Crippen MR) is 92.8 cm³/mol. The Labute approximate surface area is 143 Å². The van der Waals surface area contributed by atoms with Gasteiger partial charge in [-0.3, -0.25) is 9.36 Å². The van der Waals surface area contributed by atoms with Gasteiger partial charge in [0.05, 0.1) is 28.6 Å². The zero-order valence-electron chi connectivity index (χ0n) is 13.7.